The van der Waals surface area contributed by atoms with Gasteiger partial charge in [-0.2, -0.15) is 0 Å². The van der Waals surface area contributed by atoms with Gasteiger partial charge < -0.3 is 51.6 Å². The van der Waals surface area contributed by atoms with Crippen molar-refractivity contribution in [2.45, 2.75) is 0 Å². The third-order valence-electron chi connectivity index (χ3n) is 0. The molecule has 0 bridgehead atoms. The Kier molecular flexibility index (Phi) is 116. The second-order valence-corrected chi connectivity index (χ2v) is 1.57. The van der Waals surface area contributed by atoms with Crippen LogP contribution in [0.4, 0.5) is 0 Å². The third kappa shape index (κ3) is 115000. The molecule has 0 aliphatic rings. The fraction of sp³-hybridized carbons (Fsp3) is 0. The first-order valence-corrected chi connectivity index (χ1v) is 2.77. The van der Waals surface area contributed by atoms with Gasteiger partial charge in [0.15, 0.2) is 0 Å². The summed E-state index contributed by atoms with van der Waals surface area (Å²) in [5.74, 6) is 0. The van der Waals surface area contributed by atoms with E-state index in [0.717, 1.165) is 0 Å². The minimum absolute atomic E-state index is 0. The number of hydrogen-bond donors (Lipinski definition) is 3. The fourth-order valence-corrected chi connectivity index (χ4v) is 0. The maximum Gasteiger partial charge on any atom is 2.00 e. The quantitative estimate of drug-likeness (QED) is 0.220. The predicted molar refractivity (Wildman–Crippen MR) is 41.0 cm³/mol. The van der Waals surface area contributed by atoms with E-state index in [-0.39, 0.29) is 44.4 Å². The summed E-state index contributed by atoms with van der Waals surface area (Å²) in [5.41, 5.74) is 0. The van der Waals surface area contributed by atoms with Gasteiger partial charge in [0.2, 0.25) is 0 Å². The van der Waals surface area contributed by atoms with E-state index in [2.05, 4.69) is 0 Å². The molecule has 0 unspecified atom stereocenters. The summed E-state index contributed by atoms with van der Waals surface area (Å²) in [6.07, 6.45) is 0. The molecule has 0 aromatic carbocycles. The Bertz CT molecular complexity index is 127. The predicted octanol–water partition coefficient (Wildman–Crippen LogP) is -7.52. The second kappa shape index (κ2) is 29.2. The number of rotatable bonds is 0. The number of hydrogen-bond acceptors (Lipinski definition) is 7. The molecule has 0 heterocycles. The van der Waals surface area contributed by atoms with Crippen LogP contribution < -0.4 is 0 Å². The van der Waals surface area contributed by atoms with Crippen molar-refractivity contribution >= 4 is 17.7 Å². The van der Waals surface area contributed by atoms with Gasteiger partial charge in [-0.25, -0.2) is 0 Å². The molecular weight excluding hydrogens is 290 g/mol. The monoisotopic (exact) mass is 303 g/mol. The minimum Gasteiger partial charge on any atom is -0.759 e. The van der Waals surface area contributed by atoms with Gasteiger partial charge in [-0.1, -0.05) is 0 Å². The van der Waals surface area contributed by atoms with Crippen molar-refractivity contribution in [1.82, 2.24) is 0 Å². The Morgan fingerprint density at radius 1 is 0.800 bits per heavy atom. The molecule has 13 N–H and O–H groups in total. The zero-order valence-electron chi connectivity index (χ0n) is 6.84. The van der Waals surface area contributed by atoms with Crippen molar-refractivity contribution in [3.05, 3.63) is 0 Å². The minimum atomic E-state index is -5.17. The van der Waals surface area contributed by atoms with E-state index >= 15 is 0 Å². The fourth-order valence-electron chi connectivity index (χ4n) is 0. The summed E-state index contributed by atoms with van der Waals surface area (Å²) in [6, 6.07) is 0. The summed E-state index contributed by atoms with van der Waals surface area (Å²) < 4.78 is 34.1. The molecule has 101 valence electrons. The normalized spacial score (nSPS) is 5.67. The summed E-state index contributed by atoms with van der Waals surface area (Å²) in [5, 5.41) is 21.5. The molecule has 0 amide bonds. The molecule has 0 atom stereocenters. The first kappa shape index (κ1) is 59.4. The van der Waals surface area contributed by atoms with Crippen molar-refractivity contribution in [3.63, 3.8) is 0 Å². The van der Waals surface area contributed by atoms with Gasteiger partial charge >= 0.3 is 24.4 Å². The van der Waals surface area contributed by atoms with E-state index in [4.69, 9.17) is 32.6 Å². The van der Waals surface area contributed by atoms with E-state index < -0.39 is 17.7 Å². The first-order chi connectivity index (χ1) is 3.73. The Balaban J connectivity index is -0.00000000785. The van der Waals surface area contributed by atoms with E-state index in [1.807, 2.05) is 0 Å². The van der Waals surface area contributed by atoms with E-state index in [1.54, 1.807) is 0 Å². The molecule has 0 aliphatic heterocycles. The summed E-state index contributed by atoms with van der Waals surface area (Å²) >= 11 is 0. The Morgan fingerprint density at radius 2 is 0.800 bits per heavy atom. The summed E-state index contributed by atoms with van der Waals surface area (Å²) in [6.45, 7) is 0. The topological polar surface area (TPSA) is 298 Å². The van der Waals surface area contributed by atoms with Crippen LogP contribution in [0.15, 0.2) is 0 Å². The van der Waals surface area contributed by atoms with Crippen molar-refractivity contribution in [2.24, 2.45) is 0 Å². The molecule has 0 spiro atoms. The average Bonchev–Trinajstić information content (AvgIpc) is 1.19. The van der Waals surface area contributed by atoms with Crippen LogP contribution in [0.25, 0.3) is 0 Å². The van der Waals surface area contributed by atoms with E-state index in [9.17, 15) is 0 Å². The molecule has 0 aliphatic carbocycles. The molecule has 0 fully saturated rings. The van der Waals surface area contributed by atoms with Crippen molar-refractivity contribution in [1.29, 1.82) is 0 Å². The van der Waals surface area contributed by atoms with Gasteiger partial charge in [-0.3, -0.25) is 8.42 Å². The molecule has 0 saturated heterocycles. The van der Waals surface area contributed by atoms with Gasteiger partial charge in [0.25, 0.3) is 0 Å². The van der Waals surface area contributed by atoms with Crippen LogP contribution in [-0.4, -0.2) is 67.3 Å². The van der Waals surface area contributed by atoms with Crippen LogP contribution in [-0.2, 0) is 27.5 Å². The van der Waals surface area contributed by atoms with E-state index in [0.29, 0.717) is 0 Å². The standard InChI is InChI=1S/BH3O3.Mn.H2O4S.5H2O/c2-1(3)4;;1-5(2,3)4;;;;;/h2-4H;;(H2,1,2,3,4);5*1H2/q;+2;;;;;;/p-2. The maximum absolute atomic E-state index is 8.52. The van der Waals surface area contributed by atoms with Crippen molar-refractivity contribution < 1.29 is 77.0 Å². The molecule has 15 heteroatoms. The molecule has 0 aromatic rings. The smallest absolute Gasteiger partial charge is 0.759 e. The van der Waals surface area contributed by atoms with Gasteiger partial charge in [0.05, 0.1) is 0 Å². The van der Waals surface area contributed by atoms with Crippen LogP contribution in [0.2, 0.25) is 0 Å². The van der Waals surface area contributed by atoms with Crippen LogP contribution in [0.5, 0.6) is 0 Å². The van der Waals surface area contributed by atoms with Crippen molar-refractivity contribution in [3.8, 4) is 0 Å². The first-order valence-electron chi connectivity index (χ1n) is 1.44. The van der Waals surface area contributed by atoms with Gasteiger partial charge in [0, 0.05) is 10.4 Å². The molecule has 0 rings (SSSR count). The zero-order chi connectivity index (χ0) is 8.08. The summed E-state index contributed by atoms with van der Waals surface area (Å²) in [7, 11) is -7.33. The van der Waals surface area contributed by atoms with Crippen LogP contribution in [0, 0.1) is 0 Å². The summed E-state index contributed by atoms with van der Waals surface area (Å²) in [4.78, 5) is 0. The largest absolute Gasteiger partial charge is 2.00 e. The van der Waals surface area contributed by atoms with Gasteiger partial charge in [0.1, 0.15) is 0 Å². The zero-order valence-corrected chi connectivity index (χ0v) is 8.84. The molecule has 1 radical (unpaired) electrons. The SMILES string of the molecule is O.O.O.O.O.O=S(=O)([O-])[O-].OB(O)O.[Mn+2]. The van der Waals surface area contributed by atoms with Gasteiger partial charge in [-0.15, -0.1) is 0 Å². The molecule has 15 heavy (non-hydrogen) atoms. The average molecular weight is 303 g/mol. The second-order valence-electron chi connectivity index (χ2n) is 0.755. The Labute approximate surface area is 95.3 Å². The molecule has 12 nitrogen and oxygen atoms in total. The van der Waals surface area contributed by atoms with Crippen LogP contribution in [0.3, 0.4) is 0 Å². The molecule has 0 aromatic heterocycles. The maximum atomic E-state index is 8.52. The third-order valence-corrected chi connectivity index (χ3v) is 0. The Morgan fingerprint density at radius 3 is 0.800 bits per heavy atom. The Hall–Kier alpha value is 0.134. The van der Waals surface area contributed by atoms with Crippen LogP contribution in [0.1, 0.15) is 0 Å². The van der Waals surface area contributed by atoms with Crippen molar-refractivity contribution in [2.75, 3.05) is 0 Å². The molecule has 0 saturated carbocycles. The van der Waals surface area contributed by atoms with E-state index in [1.165, 1.54) is 0 Å². The van der Waals surface area contributed by atoms with Gasteiger partial charge in [-0.05, 0) is 0 Å². The molecular formula is H13BMnO12S. The van der Waals surface area contributed by atoms with Crippen LogP contribution >= 0.6 is 0 Å².